The van der Waals surface area contributed by atoms with Gasteiger partial charge in [0, 0.05) is 26.2 Å². The molecule has 1 unspecified atom stereocenters. The molecule has 4 fully saturated rings. The lowest BCUT2D eigenvalue weighted by Crippen LogP contribution is -2.62. The summed E-state index contributed by atoms with van der Waals surface area (Å²) in [6.45, 7) is 10.5. The van der Waals surface area contributed by atoms with Gasteiger partial charge in [0.2, 0.25) is 29.5 Å². The highest BCUT2D eigenvalue weighted by Crippen LogP contribution is 2.46. The lowest BCUT2D eigenvalue weighted by molar-refractivity contribution is -0.147. The first-order chi connectivity index (χ1) is 33.9. The van der Waals surface area contributed by atoms with Gasteiger partial charge in [0.15, 0.2) is 0 Å². The van der Waals surface area contributed by atoms with Crippen LogP contribution in [0.2, 0.25) is 0 Å². The number of benzene rings is 1. The zero-order valence-corrected chi connectivity index (χ0v) is 43.5. The average Bonchev–Trinajstić information content (AvgIpc) is 3.47. The number of ether oxygens (including phenoxy) is 4. The summed E-state index contributed by atoms with van der Waals surface area (Å²) in [5.41, 5.74) is 0.0712. The second kappa shape index (κ2) is 28.3. The van der Waals surface area contributed by atoms with Crippen LogP contribution in [0.4, 0.5) is 9.59 Å². The molecule has 6 N–H and O–H groups in total. The first kappa shape index (κ1) is 56.9. The van der Waals surface area contributed by atoms with Crippen LogP contribution in [0.15, 0.2) is 30.3 Å². The number of nitrogens with zero attached hydrogens (tertiary/aromatic N) is 1. The predicted molar refractivity (Wildman–Crippen MR) is 267 cm³/mol. The number of rotatable bonds is 15. The molecule has 3 aliphatic carbocycles. The van der Waals surface area contributed by atoms with Crippen molar-refractivity contribution in [3.63, 3.8) is 0 Å². The maximum absolute atomic E-state index is 14.8. The minimum Gasteiger partial charge on any atom is -0.445 e. The zero-order valence-electron chi connectivity index (χ0n) is 43.5. The van der Waals surface area contributed by atoms with E-state index in [4.69, 9.17) is 18.9 Å². The van der Waals surface area contributed by atoms with Crippen LogP contribution in [0, 0.1) is 29.6 Å². The molecule has 0 radical (unpaired) electrons. The maximum atomic E-state index is 14.8. The standard InChI is InChI=1S/C53H85N7O11/c1-8-17-43-48(63)59-45(40-20-14-9-10-15-21-40)49(64)57-41(30-55-51(66)70-32-36-18-12-11-13-19-36)46(61)58-42(33-68-25-16-24-54-52(67)71-53(4,5)6)47(62)56-34(2)31-69-44(35(3)50(65)60(43)7)29-39-27-37-22-23-38(26-37)28-39/h11-13,18-19,34-35,37-45H,8-10,14-17,20-33H2,1-7H3,(H,54,67)(H,55,66)(H,56,62)(H,57,64)(H,58,61)(H,59,63)/t34-,35-,37-,38+,39?,41+,42+,43+,44-,45+/m1/s1. The summed E-state index contributed by atoms with van der Waals surface area (Å²) in [6, 6.07) is 3.77. The van der Waals surface area contributed by atoms with Gasteiger partial charge in [-0.1, -0.05) is 89.1 Å². The number of likely N-dealkylation sites (N-methyl/N-ethyl adjacent to an activating group) is 1. The lowest BCUT2D eigenvalue weighted by atomic mass is 9.77. The number of amides is 7. The van der Waals surface area contributed by atoms with E-state index >= 15 is 0 Å². The van der Waals surface area contributed by atoms with Gasteiger partial charge in [0.05, 0.1) is 31.8 Å². The molecule has 1 aromatic carbocycles. The Hall–Kier alpha value is -4.97. The van der Waals surface area contributed by atoms with Gasteiger partial charge in [-0.3, -0.25) is 24.0 Å². The van der Waals surface area contributed by atoms with Crippen molar-refractivity contribution in [2.24, 2.45) is 29.6 Å². The molecule has 1 saturated heterocycles. The quantitative estimate of drug-likeness (QED) is 0.0929. The molecule has 1 heterocycles. The summed E-state index contributed by atoms with van der Waals surface area (Å²) >= 11 is 0. The van der Waals surface area contributed by atoms with Gasteiger partial charge < -0.3 is 55.7 Å². The molecular weight excluding hydrogens is 911 g/mol. The number of alkyl carbamates (subject to hydrolysis) is 2. The van der Waals surface area contributed by atoms with Gasteiger partial charge in [-0.05, 0) is 108 Å². The number of carbonyl (C=O) groups is 7. The maximum Gasteiger partial charge on any atom is 0.407 e. The first-order valence-electron chi connectivity index (χ1n) is 26.5. The molecule has 0 spiro atoms. The second-order valence-electron chi connectivity index (χ2n) is 21.6. The predicted octanol–water partition coefficient (Wildman–Crippen LogP) is 5.65. The average molecular weight is 996 g/mol. The molecule has 0 aromatic heterocycles. The van der Waals surface area contributed by atoms with Gasteiger partial charge in [-0.15, -0.1) is 0 Å². The highest BCUT2D eigenvalue weighted by atomic mass is 16.6. The number of nitrogens with one attached hydrogen (secondary N) is 6. The normalized spacial score (nSPS) is 28.9. The number of hydrogen-bond acceptors (Lipinski definition) is 11. The molecule has 18 nitrogen and oxygen atoms in total. The van der Waals surface area contributed by atoms with E-state index in [-0.39, 0.29) is 44.8 Å². The summed E-state index contributed by atoms with van der Waals surface area (Å²) in [4.78, 5) is 99.6. The van der Waals surface area contributed by atoms with Crippen molar-refractivity contribution in [1.29, 1.82) is 0 Å². The molecule has 3 saturated carbocycles. The lowest BCUT2D eigenvalue weighted by Gasteiger charge is -2.36. The Labute approximate surface area is 421 Å². The largest absolute Gasteiger partial charge is 0.445 e. The SMILES string of the molecule is CCC[C@H]1C(=O)N[C@@H](C2CCCCCC2)C(=O)N[C@@H](CNC(=O)OCc2ccccc2)C(=O)N[C@@H](COCCCNC(=O)OC(C)(C)C)C(=O)N[C@H](C)CO[C@H](CC2C[C@H]3CC[C@@H](C2)C3)[C@@H](C)C(=O)N1C. The van der Waals surface area contributed by atoms with Crippen molar-refractivity contribution in [3.05, 3.63) is 35.9 Å². The van der Waals surface area contributed by atoms with Crippen molar-refractivity contribution in [3.8, 4) is 0 Å². The van der Waals surface area contributed by atoms with Crippen LogP contribution in [-0.2, 0) is 49.5 Å². The van der Waals surface area contributed by atoms with E-state index in [1.54, 1.807) is 46.9 Å². The van der Waals surface area contributed by atoms with E-state index in [0.717, 1.165) is 44.1 Å². The highest BCUT2D eigenvalue weighted by Gasteiger charge is 2.41. The molecule has 398 valence electrons. The van der Waals surface area contributed by atoms with Crippen LogP contribution >= 0.6 is 0 Å². The van der Waals surface area contributed by atoms with Crippen LogP contribution in [-0.4, -0.2) is 128 Å². The summed E-state index contributed by atoms with van der Waals surface area (Å²) in [5.74, 6) is -1.94. The summed E-state index contributed by atoms with van der Waals surface area (Å²) < 4.78 is 23.3. The minimum absolute atomic E-state index is 0.0443. The van der Waals surface area contributed by atoms with Crippen LogP contribution in [0.25, 0.3) is 0 Å². The van der Waals surface area contributed by atoms with E-state index in [1.807, 2.05) is 32.0 Å². The number of fused-ring (bicyclic) bond motifs is 2. The Morgan fingerprint density at radius 1 is 0.789 bits per heavy atom. The van der Waals surface area contributed by atoms with Crippen molar-refractivity contribution in [2.75, 3.05) is 40.0 Å². The van der Waals surface area contributed by atoms with Crippen molar-refractivity contribution >= 4 is 41.7 Å². The molecule has 2 bridgehead atoms. The topological polar surface area (TPSA) is 232 Å². The van der Waals surface area contributed by atoms with Gasteiger partial charge in [0.25, 0.3) is 0 Å². The molecular formula is C53H85N7O11. The fourth-order valence-electron chi connectivity index (χ4n) is 10.7. The van der Waals surface area contributed by atoms with Crippen molar-refractivity contribution < 1.29 is 52.5 Å². The fourth-order valence-corrected chi connectivity index (χ4v) is 10.7. The minimum atomic E-state index is -1.44. The third kappa shape index (κ3) is 18.9. The first-order valence-corrected chi connectivity index (χ1v) is 26.5. The Morgan fingerprint density at radius 3 is 2.11 bits per heavy atom. The van der Waals surface area contributed by atoms with E-state index in [9.17, 15) is 33.6 Å². The van der Waals surface area contributed by atoms with Crippen molar-refractivity contribution in [2.45, 2.75) is 186 Å². The fraction of sp³-hybridized carbons (Fsp3) is 0.755. The van der Waals surface area contributed by atoms with Crippen LogP contribution < -0.4 is 31.9 Å². The summed E-state index contributed by atoms with van der Waals surface area (Å²) in [6.07, 6.45) is 10.8. The number of hydrogen-bond donors (Lipinski definition) is 6. The highest BCUT2D eigenvalue weighted by molar-refractivity contribution is 5.96. The Kier molecular flexibility index (Phi) is 22.7. The smallest absolute Gasteiger partial charge is 0.407 e. The Balaban J connectivity index is 1.44. The molecule has 5 rings (SSSR count). The monoisotopic (exact) mass is 996 g/mol. The molecule has 18 heteroatoms. The second-order valence-corrected chi connectivity index (χ2v) is 21.6. The third-order valence-corrected chi connectivity index (χ3v) is 14.4. The van der Waals surface area contributed by atoms with Crippen LogP contribution in [0.1, 0.15) is 143 Å². The van der Waals surface area contributed by atoms with Crippen LogP contribution in [0.3, 0.4) is 0 Å². The van der Waals surface area contributed by atoms with E-state index in [0.29, 0.717) is 56.3 Å². The number of carbonyl (C=O) groups excluding carboxylic acids is 7. The molecule has 1 aliphatic heterocycles. The van der Waals surface area contributed by atoms with Gasteiger partial charge in [-0.25, -0.2) is 9.59 Å². The molecule has 71 heavy (non-hydrogen) atoms. The van der Waals surface area contributed by atoms with E-state index in [1.165, 1.54) is 24.2 Å². The molecule has 7 amide bonds. The zero-order chi connectivity index (χ0) is 51.5. The Morgan fingerprint density at radius 2 is 1.45 bits per heavy atom. The van der Waals surface area contributed by atoms with E-state index in [2.05, 4.69) is 31.9 Å². The molecule has 4 aliphatic rings. The van der Waals surface area contributed by atoms with Gasteiger partial charge >= 0.3 is 12.2 Å². The Bertz CT molecular complexity index is 1880. The van der Waals surface area contributed by atoms with Gasteiger partial charge in [0.1, 0.15) is 36.4 Å². The molecule has 10 atom stereocenters. The molecule has 1 aromatic rings. The van der Waals surface area contributed by atoms with Crippen molar-refractivity contribution in [1.82, 2.24) is 36.8 Å². The van der Waals surface area contributed by atoms with Gasteiger partial charge in [-0.2, -0.15) is 0 Å². The van der Waals surface area contributed by atoms with E-state index < -0.39 is 90.2 Å². The summed E-state index contributed by atoms with van der Waals surface area (Å²) in [5, 5.41) is 16.9. The summed E-state index contributed by atoms with van der Waals surface area (Å²) in [7, 11) is 1.64. The third-order valence-electron chi connectivity index (χ3n) is 14.4. The van der Waals surface area contributed by atoms with Crippen LogP contribution in [0.5, 0.6) is 0 Å².